The molecule has 0 bridgehead atoms. The third-order valence-electron chi connectivity index (χ3n) is 1.82. The highest BCUT2D eigenvalue weighted by molar-refractivity contribution is 9.14. The summed E-state index contributed by atoms with van der Waals surface area (Å²) in [6, 6.07) is 1.84. The van der Waals surface area contributed by atoms with Gasteiger partial charge in [-0.1, -0.05) is 0 Å². The van der Waals surface area contributed by atoms with Gasteiger partial charge in [-0.2, -0.15) is 0 Å². The molecular formula is C8H4Br3NO2S2. The molecule has 1 heterocycles. The lowest BCUT2D eigenvalue weighted by Crippen LogP contribution is -1.94. The van der Waals surface area contributed by atoms with Crippen LogP contribution < -0.4 is 0 Å². The van der Waals surface area contributed by atoms with Crippen LogP contribution in [0.25, 0.3) is 10.2 Å². The van der Waals surface area contributed by atoms with Crippen molar-refractivity contribution in [2.24, 2.45) is 0 Å². The van der Waals surface area contributed by atoms with E-state index in [0.29, 0.717) is 5.52 Å². The molecule has 2 rings (SSSR count). The predicted octanol–water partition coefficient (Wildman–Crippen LogP) is 3.99. The first-order valence-electron chi connectivity index (χ1n) is 3.95. The van der Waals surface area contributed by atoms with Crippen LogP contribution >= 0.6 is 59.1 Å². The fraction of sp³-hybridized carbons (Fsp3) is 0.125. The molecule has 0 unspecified atom stereocenters. The number of sulfone groups is 1. The molecule has 1 aromatic heterocycles. The summed E-state index contributed by atoms with van der Waals surface area (Å²) in [6.07, 6.45) is 1.16. The molecule has 0 aliphatic rings. The van der Waals surface area contributed by atoms with Gasteiger partial charge in [-0.05, 0) is 53.9 Å². The maximum absolute atomic E-state index is 11.4. The summed E-state index contributed by atoms with van der Waals surface area (Å²) in [7, 11) is -3.25. The lowest BCUT2D eigenvalue weighted by molar-refractivity contribution is 0.601. The van der Waals surface area contributed by atoms with Gasteiger partial charge in [0.25, 0.3) is 0 Å². The molecule has 16 heavy (non-hydrogen) atoms. The first kappa shape index (κ1) is 12.9. The minimum Gasteiger partial charge on any atom is -0.224 e. The van der Waals surface area contributed by atoms with E-state index in [-0.39, 0.29) is 4.34 Å². The Hall–Kier alpha value is 0.500. The first-order valence-corrected chi connectivity index (χ1v) is 9.03. The van der Waals surface area contributed by atoms with Crippen LogP contribution in [0.5, 0.6) is 0 Å². The molecule has 0 fully saturated rings. The fourth-order valence-electron chi connectivity index (χ4n) is 1.11. The van der Waals surface area contributed by atoms with Gasteiger partial charge in [0, 0.05) is 15.2 Å². The van der Waals surface area contributed by atoms with Crippen molar-refractivity contribution < 1.29 is 8.42 Å². The molecule has 0 atom stereocenters. The van der Waals surface area contributed by atoms with E-state index in [2.05, 4.69) is 52.8 Å². The largest absolute Gasteiger partial charge is 0.224 e. The number of thiazole rings is 1. The van der Waals surface area contributed by atoms with E-state index in [1.54, 1.807) is 0 Å². The molecule has 0 spiro atoms. The highest BCUT2D eigenvalue weighted by atomic mass is 79.9. The maximum atomic E-state index is 11.4. The van der Waals surface area contributed by atoms with Gasteiger partial charge in [-0.15, -0.1) is 11.3 Å². The summed E-state index contributed by atoms with van der Waals surface area (Å²) >= 11 is 11.3. The van der Waals surface area contributed by atoms with Crippen LogP contribution in [0.4, 0.5) is 0 Å². The number of halogens is 3. The molecule has 3 nitrogen and oxygen atoms in total. The Bertz CT molecular complexity index is 678. The first-order chi connectivity index (χ1) is 7.30. The van der Waals surface area contributed by atoms with E-state index in [9.17, 15) is 8.42 Å². The monoisotopic (exact) mass is 447 g/mol. The summed E-state index contributed by atoms with van der Waals surface area (Å²) in [6.45, 7) is 0. The Morgan fingerprint density at radius 2 is 1.88 bits per heavy atom. The SMILES string of the molecule is CS(=O)(=O)c1nc2c(Br)c(Br)c(Br)cc2s1. The normalized spacial score (nSPS) is 12.2. The van der Waals surface area contributed by atoms with Crippen molar-refractivity contribution in [3.05, 3.63) is 19.5 Å². The average Bonchev–Trinajstić information content (AvgIpc) is 2.57. The van der Waals surface area contributed by atoms with Crippen LogP contribution in [-0.2, 0) is 9.84 Å². The second kappa shape index (κ2) is 4.31. The summed E-state index contributed by atoms with van der Waals surface area (Å²) in [5.74, 6) is 0. The number of fused-ring (bicyclic) bond motifs is 1. The quantitative estimate of drug-likeness (QED) is 0.618. The number of hydrogen-bond donors (Lipinski definition) is 0. The predicted molar refractivity (Wildman–Crippen MR) is 75.8 cm³/mol. The molecule has 1 aromatic carbocycles. The van der Waals surface area contributed by atoms with Crippen LogP contribution in [0.15, 0.2) is 23.8 Å². The number of nitrogens with zero attached hydrogens (tertiary/aromatic N) is 1. The van der Waals surface area contributed by atoms with Crippen LogP contribution in [0.3, 0.4) is 0 Å². The Morgan fingerprint density at radius 3 is 2.44 bits per heavy atom. The van der Waals surface area contributed by atoms with Crippen LogP contribution in [0.2, 0.25) is 0 Å². The fourth-order valence-corrected chi connectivity index (χ4v) is 4.78. The van der Waals surface area contributed by atoms with Crippen LogP contribution in [-0.4, -0.2) is 19.7 Å². The minimum atomic E-state index is -3.25. The summed E-state index contributed by atoms with van der Waals surface area (Å²) in [4.78, 5) is 4.12. The Morgan fingerprint density at radius 1 is 1.25 bits per heavy atom. The molecule has 0 N–H and O–H groups in total. The van der Waals surface area contributed by atoms with Gasteiger partial charge in [0.15, 0.2) is 0 Å². The van der Waals surface area contributed by atoms with Gasteiger partial charge in [-0.3, -0.25) is 0 Å². The Balaban J connectivity index is 2.87. The van der Waals surface area contributed by atoms with Crippen LogP contribution in [0, 0.1) is 0 Å². The zero-order chi connectivity index (χ0) is 12.1. The summed E-state index contributed by atoms with van der Waals surface area (Å²) in [5, 5.41) is 0. The number of hydrogen-bond acceptors (Lipinski definition) is 4. The summed E-state index contributed by atoms with van der Waals surface area (Å²) in [5.41, 5.74) is 0.653. The van der Waals surface area contributed by atoms with Crippen LogP contribution in [0.1, 0.15) is 0 Å². The Kier molecular flexibility index (Phi) is 3.49. The third-order valence-corrected chi connectivity index (χ3v) is 7.79. The second-order valence-electron chi connectivity index (χ2n) is 3.09. The van der Waals surface area contributed by atoms with E-state index < -0.39 is 9.84 Å². The van der Waals surface area contributed by atoms with Gasteiger partial charge >= 0.3 is 0 Å². The molecule has 0 saturated heterocycles. The van der Waals surface area contributed by atoms with Gasteiger partial charge in [-0.25, -0.2) is 13.4 Å². The van der Waals surface area contributed by atoms with Crippen molar-refractivity contribution in [1.82, 2.24) is 4.98 Å². The zero-order valence-corrected chi connectivity index (χ0v) is 14.2. The van der Waals surface area contributed by atoms with Gasteiger partial charge in [0.1, 0.15) is 0 Å². The topological polar surface area (TPSA) is 47.0 Å². The molecular weight excluding hydrogens is 446 g/mol. The minimum absolute atomic E-state index is 0.133. The molecule has 86 valence electrons. The van der Waals surface area contributed by atoms with Crippen molar-refractivity contribution >= 4 is 79.2 Å². The van der Waals surface area contributed by atoms with E-state index in [1.807, 2.05) is 6.07 Å². The second-order valence-corrected chi connectivity index (χ2v) is 8.75. The molecule has 8 heteroatoms. The van der Waals surface area contributed by atoms with Crippen molar-refractivity contribution in [1.29, 1.82) is 0 Å². The van der Waals surface area contributed by atoms with Gasteiger partial charge in [0.05, 0.1) is 14.7 Å². The van der Waals surface area contributed by atoms with E-state index >= 15 is 0 Å². The highest BCUT2D eigenvalue weighted by Crippen LogP contribution is 2.39. The lowest BCUT2D eigenvalue weighted by Gasteiger charge is -1.99. The van der Waals surface area contributed by atoms with Gasteiger partial charge in [0.2, 0.25) is 14.2 Å². The molecule has 0 aliphatic carbocycles. The van der Waals surface area contributed by atoms with Crippen molar-refractivity contribution in [3.8, 4) is 0 Å². The zero-order valence-electron chi connectivity index (χ0n) is 7.79. The molecule has 0 aliphatic heterocycles. The standard InChI is InChI=1S/C8H4Br3NO2S2/c1-16(13,14)8-12-7-4(15-8)2-3(9)5(10)6(7)11/h2H,1H3. The van der Waals surface area contributed by atoms with Gasteiger partial charge < -0.3 is 0 Å². The van der Waals surface area contributed by atoms with E-state index in [1.165, 1.54) is 0 Å². The van der Waals surface area contributed by atoms with E-state index in [0.717, 1.165) is 35.7 Å². The maximum Gasteiger partial charge on any atom is 0.210 e. The Labute approximate surface area is 122 Å². The number of benzene rings is 1. The van der Waals surface area contributed by atoms with Crippen molar-refractivity contribution in [3.63, 3.8) is 0 Å². The number of rotatable bonds is 1. The smallest absolute Gasteiger partial charge is 0.210 e. The summed E-state index contributed by atoms with van der Waals surface area (Å²) < 4.78 is 26.2. The molecule has 0 saturated carbocycles. The van der Waals surface area contributed by atoms with E-state index in [4.69, 9.17) is 0 Å². The molecule has 2 aromatic rings. The molecule has 0 amide bonds. The van der Waals surface area contributed by atoms with Crippen molar-refractivity contribution in [2.45, 2.75) is 4.34 Å². The average molecular weight is 450 g/mol. The van der Waals surface area contributed by atoms with Crippen molar-refractivity contribution in [2.75, 3.05) is 6.26 Å². The highest BCUT2D eigenvalue weighted by Gasteiger charge is 2.17. The molecule has 0 radical (unpaired) electrons. The lowest BCUT2D eigenvalue weighted by atomic mass is 10.3. The number of aromatic nitrogens is 1. The third kappa shape index (κ3) is 2.22.